The summed E-state index contributed by atoms with van der Waals surface area (Å²) in [7, 11) is -3.71. The molecule has 1 unspecified atom stereocenters. The number of sulfonamides is 1. The number of carbonyl (C=O) groups excluding carboxylic acids is 2. The van der Waals surface area contributed by atoms with Crippen molar-refractivity contribution in [3.8, 4) is 0 Å². The number of benzene rings is 2. The fourth-order valence-corrected chi connectivity index (χ4v) is 6.45. The number of rotatable bonds is 12. The average molecular weight is 545 g/mol. The zero-order valence-electron chi connectivity index (χ0n) is 22.1. The molecule has 0 spiro atoms. The van der Waals surface area contributed by atoms with Crippen LogP contribution in [0.1, 0.15) is 63.4 Å². The lowest BCUT2D eigenvalue weighted by Gasteiger charge is -2.22. The molecule has 8 nitrogen and oxygen atoms in total. The molecule has 0 aliphatic rings. The van der Waals surface area contributed by atoms with Gasteiger partial charge in [0.05, 0.1) is 15.1 Å². The third kappa shape index (κ3) is 6.94. The molecule has 0 aliphatic carbocycles. The topological polar surface area (TPSA) is 108 Å². The normalized spacial score (nSPS) is 12.7. The maximum absolute atomic E-state index is 13.1. The van der Waals surface area contributed by atoms with Crippen molar-refractivity contribution in [2.75, 3.05) is 18.4 Å². The van der Waals surface area contributed by atoms with Gasteiger partial charge in [0.2, 0.25) is 15.9 Å². The lowest BCUT2D eigenvalue weighted by Crippen LogP contribution is -2.47. The largest absolute Gasteiger partial charge is 0.340 e. The second-order valence-electron chi connectivity index (χ2n) is 9.23. The number of fused-ring (bicyclic) bond motifs is 1. The van der Waals surface area contributed by atoms with Crippen molar-refractivity contribution in [2.45, 2.75) is 64.8 Å². The van der Waals surface area contributed by atoms with Crippen molar-refractivity contribution in [3.63, 3.8) is 0 Å². The predicted octanol–water partition coefficient (Wildman–Crippen LogP) is 5.06. The fraction of sp³-hybridized carbons (Fsp3) is 0.444. The van der Waals surface area contributed by atoms with Gasteiger partial charge in [0.1, 0.15) is 6.04 Å². The molecule has 3 aromatic rings. The van der Waals surface area contributed by atoms with Crippen molar-refractivity contribution in [3.05, 3.63) is 53.6 Å². The van der Waals surface area contributed by atoms with Crippen molar-refractivity contribution in [1.29, 1.82) is 0 Å². The molecule has 10 heteroatoms. The minimum absolute atomic E-state index is 0.0437. The van der Waals surface area contributed by atoms with Crippen molar-refractivity contribution >= 4 is 48.5 Å². The molecule has 37 heavy (non-hydrogen) atoms. The van der Waals surface area contributed by atoms with E-state index >= 15 is 0 Å². The van der Waals surface area contributed by atoms with E-state index in [9.17, 15) is 18.0 Å². The molecule has 2 N–H and O–H groups in total. The SMILES string of the molecule is CCCCc1ccc2nc(NC(=O)C(NC(=O)c3cccc(S(=O)(=O)N(CC)CC)c3)C(C)C)sc2c1. The second kappa shape index (κ2) is 12.6. The predicted molar refractivity (Wildman–Crippen MR) is 150 cm³/mol. The van der Waals surface area contributed by atoms with Crippen molar-refractivity contribution < 1.29 is 18.0 Å². The minimum atomic E-state index is -3.71. The number of nitrogens with one attached hydrogen (secondary N) is 2. The van der Waals surface area contributed by atoms with E-state index in [0.717, 1.165) is 29.5 Å². The third-order valence-electron chi connectivity index (χ3n) is 6.18. The van der Waals surface area contributed by atoms with Crippen molar-refractivity contribution in [2.24, 2.45) is 5.92 Å². The van der Waals surface area contributed by atoms with E-state index in [0.29, 0.717) is 18.2 Å². The van der Waals surface area contributed by atoms with E-state index in [1.54, 1.807) is 13.8 Å². The lowest BCUT2D eigenvalue weighted by molar-refractivity contribution is -0.118. The van der Waals surface area contributed by atoms with E-state index in [1.165, 1.54) is 45.5 Å². The summed E-state index contributed by atoms with van der Waals surface area (Å²) < 4.78 is 28.1. The first-order chi connectivity index (χ1) is 17.6. The number of amides is 2. The van der Waals surface area contributed by atoms with Gasteiger partial charge in [0.25, 0.3) is 5.91 Å². The first-order valence-corrected chi connectivity index (χ1v) is 15.0. The summed E-state index contributed by atoms with van der Waals surface area (Å²) in [5.74, 6) is -1.10. The Morgan fingerprint density at radius 2 is 1.78 bits per heavy atom. The Bertz CT molecular complexity index is 1350. The average Bonchev–Trinajstić information content (AvgIpc) is 3.27. The Kier molecular flexibility index (Phi) is 9.80. The van der Waals surface area contributed by atoms with Crippen LogP contribution in [-0.4, -0.2) is 48.7 Å². The molecule has 1 aromatic heterocycles. The zero-order valence-corrected chi connectivity index (χ0v) is 23.7. The van der Waals surface area contributed by atoms with Crippen LogP contribution in [0.5, 0.6) is 0 Å². The third-order valence-corrected chi connectivity index (χ3v) is 9.16. The van der Waals surface area contributed by atoms with Gasteiger partial charge in [-0.15, -0.1) is 0 Å². The van der Waals surface area contributed by atoms with Gasteiger partial charge in [0, 0.05) is 18.7 Å². The summed E-state index contributed by atoms with van der Waals surface area (Å²) >= 11 is 1.40. The van der Waals surface area contributed by atoms with Crippen LogP contribution in [0.4, 0.5) is 5.13 Å². The van der Waals surface area contributed by atoms with E-state index in [2.05, 4.69) is 34.7 Å². The number of anilines is 1. The van der Waals surface area contributed by atoms with Crippen molar-refractivity contribution in [1.82, 2.24) is 14.6 Å². The Balaban J connectivity index is 1.76. The number of thiazole rings is 1. The highest BCUT2D eigenvalue weighted by atomic mass is 32.2. The van der Waals surface area contributed by atoms with Gasteiger partial charge < -0.3 is 10.6 Å². The minimum Gasteiger partial charge on any atom is -0.340 e. The molecule has 0 saturated carbocycles. The molecule has 2 amide bonds. The van der Waals surface area contributed by atoms with Crippen LogP contribution in [0, 0.1) is 5.92 Å². The highest BCUT2D eigenvalue weighted by Crippen LogP contribution is 2.28. The lowest BCUT2D eigenvalue weighted by atomic mass is 10.0. The van der Waals surface area contributed by atoms with Crippen LogP contribution in [0.2, 0.25) is 0 Å². The van der Waals surface area contributed by atoms with E-state index in [1.807, 2.05) is 19.9 Å². The summed E-state index contributed by atoms with van der Waals surface area (Å²) in [5, 5.41) is 6.09. The van der Waals surface area contributed by atoms with Crippen LogP contribution in [0.25, 0.3) is 10.2 Å². The van der Waals surface area contributed by atoms with Crippen LogP contribution in [0.15, 0.2) is 47.4 Å². The first kappa shape index (κ1) is 28.7. The molecule has 0 aliphatic heterocycles. The van der Waals surface area contributed by atoms with Crippen LogP contribution in [0.3, 0.4) is 0 Å². The number of aromatic nitrogens is 1. The maximum atomic E-state index is 13.1. The first-order valence-electron chi connectivity index (χ1n) is 12.7. The molecule has 1 atom stereocenters. The molecule has 0 saturated heterocycles. The van der Waals surface area contributed by atoms with Gasteiger partial charge in [-0.05, 0) is 54.7 Å². The monoisotopic (exact) mass is 544 g/mol. The molecule has 200 valence electrons. The smallest absolute Gasteiger partial charge is 0.251 e. The second-order valence-corrected chi connectivity index (χ2v) is 12.2. The van der Waals surface area contributed by atoms with E-state index < -0.39 is 22.0 Å². The number of hydrogen-bond donors (Lipinski definition) is 2. The van der Waals surface area contributed by atoms with Gasteiger partial charge in [-0.25, -0.2) is 13.4 Å². The van der Waals surface area contributed by atoms with Gasteiger partial charge in [-0.2, -0.15) is 4.31 Å². The van der Waals surface area contributed by atoms with Crippen LogP contribution >= 0.6 is 11.3 Å². The summed E-state index contributed by atoms with van der Waals surface area (Å²) in [5.41, 5.74) is 2.23. The zero-order chi connectivity index (χ0) is 27.2. The Hall–Kier alpha value is -2.82. The number of aryl methyl sites for hydroxylation is 1. The fourth-order valence-electron chi connectivity index (χ4n) is 4.01. The van der Waals surface area contributed by atoms with Gasteiger partial charge in [-0.1, -0.05) is 64.5 Å². The standard InChI is InChI=1S/C27H36N4O4S2/c1-6-9-11-19-14-15-22-23(16-19)36-27(28-22)30-26(33)24(18(4)5)29-25(32)20-12-10-13-21(17-20)37(34,35)31(7-2)8-3/h10,12-18,24H,6-9,11H2,1-5H3,(H,29,32)(H,28,30,33). The number of nitrogens with zero attached hydrogens (tertiary/aromatic N) is 2. The Morgan fingerprint density at radius 3 is 2.43 bits per heavy atom. The molecule has 0 fully saturated rings. The number of carbonyl (C=O) groups is 2. The molecule has 1 heterocycles. The highest BCUT2D eigenvalue weighted by Gasteiger charge is 2.27. The quantitative estimate of drug-likeness (QED) is 0.331. The van der Waals surface area contributed by atoms with Crippen LogP contribution in [-0.2, 0) is 21.2 Å². The van der Waals surface area contributed by atoms with Gasteiger partial charge >= 0.3 is 0 Å². The van der Waals surface area contributed by atoms with Gasteiger partial charge in [-0.3, -0.25) is 9.59 Å². The summed E-state index contributed by atoms with van der Waals surface area (Å²) in [6.45, 7) is 10.0. The molecule has 3 rings (SSSR count). The summed E-state index contributed by atoms with van der Waals surface area (Å²) in [4.78, 5) is 30.8. The Labute approximate surface area is 223 Å². The highest BCUT2D eigenvalue weighted by molar-refractivity contribution is 7.89. The Morgan fingerprint density at radius 1 is 1.05 bits per heavy atom. The van der Waals surface area contributed by atoms with Gasteiger partial charge in [0.15, 0.2) is 5.13 Å². The summed E-state index contributed by atoms with van der Waals surface area (Å²) in [6.07, 6.45) is 3.25. The van der Waals surface area contributed by atoms with Crippen LogP contribution < -0.4 is 10.6 Å². The summed E-state index contributed by atoms with van der Waals surface area (Å²) in [6, 6.07) is 11.2. The molecule has 0 bridgehead atoms. The van der Waals surface area contributed by atoms with E-state index in [4.69, 9.17) is 0 Å². The van der Waals surface area contributed by atoms with E-state index in [-0.39, 0.29) is 22.3 Å². The molecular formula is C27H36N4O4S2. The number of hydrogen-bond acceptors (Lipinski definition) is 6. The molecule has 0 radical (unpaired) electrons. The maximum Gasteiger partial charge on any atom is 0.251 e. The molecule has 2 aromatic carbocycles. The molecular weight excluding hydrogens is 508 g/mol. The number of unbranched alkanes of at least 4 members (excludes halogenated alkanes) is 1.